The maximum absolute atomic E-state index is 14.1. The second kappa shape index (κ2) is 10.3. The number of carbonyl (C=O) groups is 2. The van der Waals surface area contributed by atoms with E-state index in [0.29, 0.717) is 13.0 Å². The molecule has 192 valence electrons. The van der Waals surface area contributed by atoms with Gasteiger partial charge < -0.3 is 18.9 Å². The van der Waals surface area contributed by atoms with Gasteiger partial charge in [-0.2, -0.15) is 0 Å². The molecule has 0 radical (unpaired) electrons. The number of ether oxygens (including phenoxy) is 2. The quantitative estimate of drug-likeness (QED) is 0.449. The molecule has 0 aliphatic carbocycles. The molecule has 7 nitrogen and oxygen atoms in total. The number of pyridine rings is 1. The minimum Gasteiger partial charge on any atom is -0.483 e. The Morgan fingerprint density at radius 1 is 1.14 bits per heavy atom. The van der Waals surface area contributed by atoms with Crippen molar-refractivity contribution in [2.75, 3.05) is 6.61 Å². The molecule has 2 aliphatic heterocycles. The van der Waals surface area contributed by atoms with E-state index in [-0.39, 0.29) is 54.6 Å². The maximum atomic E-state index is 14.1. The molecule has 1 unspecified atom stereocenters. The van der Waals surface area contributed by atoms with Crippen molar-refractivity contribution < 1.29 is 27.8 Å². The van der Waals surface area contributed by atoms with Crippen LogP contribution in [0.15, 0.2) is 59.5 Å². The highest BCUT2D eigenvalue weighted by molar-refractivity contribution is 6.00. The van der Waals surface area contributed by atoms with Crippen LogP contribution in [0.4, 0.5) is 8.78 Å². The van der Waals surface area contributed by atoms with Crippen molar-refractivity contribution in [2.45, 2.75) is 51.6 Å². The number of Topliss-reactive ketones (excluding diaryl/α,β-unsaturated/α-hetero) is 1. The third kappa shape index (κ3) is 4.91. The molecule has 0 saturated carbocycles. The zero-order valence-corrected chi connectivity index (χ0v) is 20.3. The molecule has 9 heteroatoms. The van der Waals surface area contributed by atoms with Gasteiger partial charge in [-0.3, -0.25) is 14.4 Å². The summed E-state index contributed by atoms with van der Waals surface area (Å²) >= 11 is 0. The van der Waals surface area contributed by atoms with E-state index in [1.807, 2.05) is 37.3 Å². The Morgan fingerprint density at radius 2 is 1.92 bits per heavy atom. The first-order valence-corrected chi connectivity index (χ1v) is 12.2. The molecule has 3 aromatic rings. The van der Waals surface area contributed by atoms with E-state index in [4.69, 9.17) is 9.47 Å². The highest BCUT2D eigenvalue weighted by atomic mass is 19.1. The first-order chi connectivity index (χ1) is 17.8. The molecule has 2 aromatic carbocycles. The van der Waals surface area contributed by atoms with Gasteiger partial charge >= 0.3 is 0 Å². The molecule has 2 atom stereocenters. The number of hydrogen-bond acceptors (Lipinski definition) is 5. The van der Waals surface area contributed by atoms with Crippen LogP contribution < -0.4 is 10.2 Å². The van der Waals surface area contributed by atoms with Gasteiger partial charge in [-0.25, -0.2) is 8.78 Å². The molecule has 1 fully saturated rings. The van der Waals surface area contributed by atoms with Crippen molar-refractivity contribution in [3.8, 4) is 5.75 Å². The summed E-state index contributed by atoms with van der Waals surface area (Å²) in [5, 5.41) is 0. The lowest BCUT2D eigenvalue weighted by Crippen LogP contribution is -2.57. The van der Waals surface area contributed by atoms with Crippen molar-refractivity contribution in [3.63, 3.8) is 0 Å². The summed E-state index contributed by atoms with van der Waals surface area (Å²) in [4.78, 5) is 41.9. The van der Waals surface area contributed by atoms with E-state index in [1.165, 1.54) is 12.3 Å². The molecule has 1 saturated heterocycles. The summed E-state index contributed by atoms with van der Waals surface area (Å²) < 4.78 is 40.6. The van der Waals surface area contributed by atoms with Crippen LogP contribution in [0.25, 0.3) is 0 Å². The smallest absolute Gasteiger partial charge is 0.276 e. The van der Waals surface area contributed by atoms with Gasteiger partial charge in [-0.05, 0) is 37.0 Å². The predicted octanol–water partition coefficient (Wildman–Crippen LogP) is 4.11. The SMILES string of the molecule is C[C@@H]1CCOC2Cn3cc(C(=O)CCc4ccc(F)cc4F)c(=O)c(OCc4ccccc4)c3C(=O)N21. The number of rotatable bonds is 7. The van der Waals surface area contributed by atoms with E-state index >= 15 is 0 Å². The van der Waals surface area contributed by atoms with E-state index in [0.717, 1.165) is 17.7 Å². The van der Waals surface area contributed by atoms with Gasteiger partial charge in [0.05, 0.1) is 18.7 Å². The zero-order chi connectivity index (χ0) is 26.1. The fourth-order valence-corrected chi connectivity index (χ4v) is 4.81. The Kier molecular flexibility index (Phi) is 6.88. The second-order valence-corrected chi connectivity index (χ2v) is 9.31. The zero-order valence-electron chi connectivity index (χ0n) is 20.3. The van der Waals surface area contributed by atoms with E-state index < -0.39 is 35.0 Å². The van der Waals surface area contributed by atoms with Gasteiger partial charge in [-0.15, -0.1) is 0 Å². The Morgan fingerprint density at radius 3 is 2.68 bits per heavy atom. The fraction of sp³-hybridized carbons (Fsp3) is 0.321. The van der Waals surface area contributed by atoms with Crippen LogP contribution in [0, 0.1) is 11.6 Å². The highest BCUT2D eigenvalue weighted by Crippen LogP contribution is 2.30. The van der Waals surface area contributed by atoms with E-state index in [9.17, 15) is 23.2 Å². The van der Waals surface area contributed by atoms with Crippen LogP contribution in [-0.2, 0) is 24.3 Å². The lowest BCUT2D eigenvalue weighted by atomic mass is 10.0. The normalized spacial score (nSPS) is 18.8. The second-order valence-electron chi connectivity index (χ2n) is 9.31. The number of amides is 1. The molecule has 37 heavy (non-hydrogen) atoms. The molecular weight excluding hydrogens is 482 g/mol. The summed E-state index contributed by atoms with van der Waals surface area (Å²) in [6.45, 7) is 2.69. The Hall–Kier alpha value is -3.85. The minimum atomic E-state index is -0.754. The summed E-state index contributed by atoms with van der Waals surface area (Å²) in [6, 6.07) is 12.2. The maximum Gasteiger partial charge on any atom is 0.276 e. The van der Waals surface area contributed by atoms with Crippen LogP contribution in [0.2, 0.25) is 0 Å². The monoisotopic (exact) mass is 508 g/mol. The third-order valence-electron chi connectivity index (χ3n) is 6.82. The number of aryl methyl sites for hydroxylation is 1. The average Bonchev–Trinajstić information content (AvgIpc) is 2.88. The first kappa shape index (κ1) is 24.8. The summed E-state index contributed by atoms with van der Waals surface area (Å²) in [6.07, 6.45) is 1.33. The van der Waals surface area contributed by atoms with Gasteiger partial charge in [0, 0.05) is 24.7 Å². The molecule has 5 rings (SSSR count). The lowest BCUT2D eigenvalue weighted by Gasteiger charge is -2.44. The number of aromatic nitrogens is 1. The Balaban J connectivity index is 1.50. The molecule has 2 aliphatic rings. The van der Waals surface area contributed by atoms with Crippen LogP contribution >= 0.6 is 0 Å². The van der Waals surface area contributed by atoms with Crippen molar-refractivity contribution in [3.05, 3.63) is 99.0 Å². The number of fused-ring (bicyclic) bond motifs is 2. The van der Waals surface area contributed by atoms with Crippen LogP contribution in [0.5, 0.6) is 5.75 Å². The third-order valence-corrected chi connectivity index (χ3v) is 6.82. The molecule has 1 amide bonds. The number of nitrogens with zero attached hydrogens (tertiary/aromatic N) is 2. The molecule has 0 spiro atoms. The Bertz CT molecular complexity index is 1410. The fourth-order valence-electron chi connectivity index (χ4n) is 4.81. The topological polar surface area (TPSA) is 77.8 Å². The molecule has 3 heterocycles. The van der Waals surface area contributed by atoms with Gasteiger partial charge in [-0.1, -0.05) is 36.4 Å². The van der Waals surface area contributed by atoms with Crippen LogP contribution in [-0.4, -0.2) is 40.0 Å². The van der Waals surface area contributed by atoms with Crippen LogP contribution in [0.3, 0.4) is 0 Å². The van der Waals surface area contributed by atoms with E-state index in [1.54, 1.807) is 9.47 Å². The number of hydrogen-bond donors (Lipinski definition) is 0. The van der Waals surface area contributed by atoms with Crippen molar-refractivity contribution >= 4 is 11.7 Å². The molecule has 1 aromatic heterocycles. The predicted molar refractivity (Wildman–Crippen MR) is 130 cm³/mol. The number of benzene rings is 2. The van der Waals surface area contributed by atoms with Gasteiger partial charge in [0.15, 0.2) is 23.5 Å². The number of halogens is 2. The molecular formula is C28H26F2N2O5. The van der Waals surface area contributed by atoms with Gasteiger partial charge in [0.1, 0.15) is 18.2 Å². The van der Waals surface area contributed by atoms with Crippen molar-refractivity contribution in [1.29, 1.82) is 0 Å². The summed E-state index contributed by atoms with van der Waals surface area (Å²) in [5.74, 6) is -2.57. The molecule has 0 N–H and O–H groups in total. The number of ketones is 1. The van der Waals surface area contributed by atoms with Crippen molar-refractivity contribution in [2.24, 2.45) is 0 Å². The number of carbonyl (C=O) groups excluding carboxylic acids is 2. The van der Waals surface area contributed by atoms with Crippen molar-refractivity contribution in [1.82, 2.24) is 9.47 Å². The van der Waals surface area contributed by atoms with Gasteiger partial charge in [0.25, 0.3) is 5.91 Å². The standard InChI is InChI=1S/C28H26F2N2O5/c1-17-11-12-36-24-15-31-14-21(23(33)10-8-19-7-9-20(29)13-22(19)30)26(34)27(25(31)28(35)32(17)24)37-16-18-5-3-2-4-6-18/h2-7,9,13-14,17,24H,8,10-12,15-16H2,1H3/t17-,24?/m1/s1. The lowest BCUT2D eigenvalue weighted by molar-refractivity contribution is -0.112. The minimum absolute atomic E-state index is 0.0116. The van der Waals surface area contributed by atoms with Gasteiger partial charge in [0.2, 0.25) is 5.43 Å². The van der Waals surface area contributed by atoms with Crippen LogP contribution in [0.1, 0.15) is 51.7 Å². The highest BCUT2D eigenvalue weighted by Gasteiger charge is 2.41. The summed E-state index contributed by atoms with van der Waals surface area (Å²) in [7, 11) is 0. The largest absolute Gasteiger partial charge is 0.483 e. The first-order valence-electron chi connectivity index (χ1n) is 12.2. The molecule has 0 bridgehead atoms. The summed E-state index contributed by atoms with van der Waals surface area (Å²) in [5.41, 5.74) is 0.197. The Labute approximate surface area is 212 Å². The van der Waals surface area contributed by atoms with E-state index in [2.05, 4.69) is 0 Å². The average molecular weight is 509 g/mol.